The highest BCUT2D eigenvalue weighted by Crippen LogP contribution is 2.38. The largest absolute Gasteiger partial charge is 0.268 e. The van der Waals surface area contributed by atoms with Crippen molar-refractivity contribution in [3.05, 3.63) is 78.1 Å². The van der Waals surface area contributed by atoms with Crippen LogP contribution in [-0.4, -0.2) is 24.5 Å². The van der Waals surface area contributed by atoms with Gasteiger partial charge in [0.2, 0.25) is 0 Å². The van der Waals surface area contributed by atoms with E-state index in [1.54, 1.807) is 6.20 Å². The van der Waals surface area contributed by atoms with Gasteiger partial charge in [0.25, 0.3) is 0 Å². The molecule has 0 aliphatic heterocycles. The Balaban J connectivity index is 1.46. The van der Waals surface area contributed by atoms with E-state index in [1.165, 1.54) is 24.0 Å². The van der Waals surface area contributed by atoms with Crippen LogP contribution in [0.1, 0.15) is 36.9 Å². The predicted molar refractivity (Wildman–Crippen MR) is 110 cm³/mol. The van der Waals surface area contributed by atoms with Crippen molar-refractivity contribution < 1.29 is 0 Å². The van der Waals surface area contributed by atoms with Crippen LogP contribution in [0.15, 0.2) is 67.0 Å². The number of hydrogen-bond acceptors (Lipinski definition) is 3. The van der Waals surface area contributed by atoms with Gasteiger partial charge in [-0.2, -0.15) is 10.2 Å². The van der Waals surface area contributed by atoms with Crippen LogP contribution in [0.5, 0.6) is 0 Å². The standard InChI is InChI=1S/C23H23N5/c1-2-17-4-8-19(9-5-17)22-25-23(28(26-22)21-12-13-21)20-10-6-18(7-11-20)16-27-15-3-14-24-27/h3-11,14-15,21H,2,12-13,16H2,1H3. The smallest absolute Gasteiger partial charge is 0.181 e. The number of hydrogen-bond donors (Lipinski definition) is 0. The third kappa shape index (κ3) is 3.36. The molecule has 140 valence electrons. The number of nitrogens with zero attached hydrogens (tertiary/aromatic N) is 5. The van der Waals surface area contributed by atoms with Gasteiger partial charge < -0.3 is 0 Å². The summed E-state index contributed by atoms with van der Waals surface area (Å²) in [6.07, 6.45) is 7.19. The molecule has 0 atom stereocenters. The molecule has 28 heavy (non-hydrogen) atoms. The summed E-state index contributed by atoms with van der Waals surface area (Å²) in [5.41, 5.74) is 4.74. The van der Waals surface area contributed by atoms with Gasteiger partial charge >= 0.3 is 0 Å². The summed E-state index contributed by atoms with van der Waals surface area (Å²) < 4.78 is 4.05. The molecule has 0 unspecified atom stereocenters. The Hall–Kier alpha value is -3.21. The van der Waals surface area contributed by atoms with Crippen LogP contribution in [0.4, 0.5) is 0 Å². The van der Waals surface area contributed by atoms with E-state index in [0.29, 0.717) is 6.04 Å². The molecule has 1 aliphatic rings. The van der Waals surface area contributed by atoms with Gasteiger partial charge in [0.15, 0.2) is 11.6 Å². The topological polar surface area (TPSA) is 48.5 Å². The van der Waals surface area contributed by atoms with E-state index in [4.69, 9.17) is 10.1 Å². The van der Waals surface area contributed by atoms with Crippen molar-refractivity contribution in [2.45, 2.75) is 38.8 Å². The number of aryl methyl sites for hydroxylation is 1. The Morgan fingerprint density at radius 2 is 1.64 bits per heavy atom. The zero-order chi connectivity index (χ0) is 18.9. The lowest BCUT2D eigenvalue weighted by atomic mass is 10.1. The molecule has 2 aromatic heterocycles. The zero-order valence-electron chi connectivity index (χ0n) is 16.0. The predicted octanol–water partition coefficient (Wildman–Crippen LogP) is 4.75. The van der Waals surface area contributed by atoms with E-state index >= 15 is 0 Å². The van der Waals surface area contributed by atoms with Gasteiger partial charge in [0.1, 0.15) is 0 Å². The molecule has 0 N–H and O–H groups in total. The van der Waals surface area contributed by atoms with Gasteiger partial charge in [-0.25, -0.2) is 9.67 Å². The van der Waals surface area contributed by atoms with Gasteiger partial charge in [-0.05, 0) is 36.5 Å². The highest BCUT2D eigenvalue weighted by atomic mass is 15.4. The second kappa shape index (κ2) is 7.08. The Morgan fingerprint density at radius 3 is 2.29 bits per heavy atom. The van der Waals surface area contributed by atoms with Gasteiger partial charge in [-0.3, -0.25) is 4.68 Å². The van der Waals surface area contributed by atoms with E-state index in [-0.39, 0.29) is 0 Å². The van der Waals surface area contributed by atoms with Crippen molar-refractivity contribution in [1.82, 2.24) is 24.5 Å². The Bertz CT molecular complexity index is 1060. The minimum Gasteiger partial charge on any atom is -0.268 e. The molecule has 2 aromatic carbocycles. The second-order valence-electron chi connectivity index (χ2n) is 7.39. The number of benzene rings is 2. The summed E-state index contributed by atoms with van der Waals surface area (Å²) in [5.74, 6) is 1.77. The molecular formula is C23H23N5. The molecule has 4 aromatic rings. The van der Waals surface area contributed by atoms with Crippen LogP contribution in [0.2, 0.25) is 0 Å². The van der Waals surface area contributed by atoms with Crippen molar-refractivity contribution >= 4 is 0 Å². The second-order valence-corrected chi connectivity index (χ2v) is 7.39. The molecule has 0 saturated heterocycles. The van der Waals surface area contributed by atoms with Gasteiger partial charge in [0, 0.05) is 23.5 Å². The monoisotopic (exact) mass is 369 g/mol. The average Bonchev–Trinajstić information content (AvgIpc) is 3.28. The van der Waals surface area contributed by atoms with E-state index < -0.39 is 0 Å². The molecule has 5 rings (SSSR count). The minimum atomic E-state index is 0.481. The van der Waals surface area contributed by atoms with Crippen molar-refractivity contribution in [3.8, 4) is 22.8 Å². The summed E-state index contributed by atoms with van der Waals surface area (Å²) in [6, 6.07) is 19.6. The lowest BCUT2D eigenvalue weighted by Gasteiger charge is -2.06. The normalized spacial score (nSPS) is 13.8. The first-order chi connectivity index (χ1) is 13.8. The van der Waals surface area contributed by atoms with Crippen LogP contribution in [0, 0.1) is 0 Å². The molecule has 1 fully saturated rings. The molecule has 0 radical (unpaired) electrons. The molecule has 2 heterocycles. The SMILES string of the molecule is CCc1ccc(-c2nc(-c3ccc(Cn4cccn4)cc3)n(C3CC3)n2)cc1. The third-order valence-corrected chi connectivity index (χ3v) is 5.26. The molecule has 1 aliphatic carbocycles. The summed E-state index contributed by atoms with van der Waals surface area (Å²) >= 11 is 0. The molecule has 5 nitrogen and oxygen atoms in total. The quantitative estimate of drug-likeness (QED) is 0.493. The maximum absolute atomic E-state index is 4.91. The van der Waals surface area contributed by atoms with Crippen LogP contribution < -0.4 is 0 Å². The van der Waals surface area contributed by atoms with Crippen LogP contribution in [0.3, 0.4) is 0 Å². The summed E-state index contributed by atoms with van der Waals surface area (Å²) in [5, 5.41) is 9.13. The van der Waals surface area contributed by atoms with Gasteiger partial charge in [-0.15, -0.1) is 0 Å². The first kappa shape index (κ1) is 16.9. The number of rotatable bonds is 6. The maximum atomic E-state index is 4.91. The average molecular weight is 369 g/mol. The van der Waals surface area contributed by atoms with E-state index in [2.05, 4.69) is 65.2 Å². The maximum Gasteiger partial charge on any atom is 0.181 e. The fourth-order valence-electron chi connectivity index (χ4n) is 3.45. The van der Waals surface area contributed by atoms with Crippen molar-refractivity contribution in [1.29, 1.82) is 0 Å². The van der Waals surface area contributed by atoms with Crippen LogP contribution in [-0.2, 0) is 13.0 Å². The highest BCUT2D eigenvalue weighted by Gasteiger charge is 2.29. The van der Waals surface area contributed by atoms with Crippen LogP contribution >= 0.6 is 0 Å². The zero-order valence-corrected chi connectivity index (χ0v) is 16.0. The lowest BCUT2D eigenvalue weighted by molar-refractivity contribution is 0.649. The minimum absolute atomic E-state index is 0.481. The third-order valence-electron chi connectivity index (χ3n) is 5.26. The Labute approximate surface area is 164 Å². The highest BCUT2D eigenvalue weighted by molar-refractivity contribution is 5.62. The molecule has 0 amide bonds. The fraction of sp³-hybridized carbons (Fsp3) is 0.261. The summed E-state index contributed by atoms with van der Waals surface area (Å²) in [4.78, 5) is 4.91. The van der Waals surface area contributed by atoms with Gasteiger partial charge in [-0.1, -0.05) is 55.5 Å². The molecule has 5 heteroatoms. The fourth-order valence-corrected chi connectivity index (χ4v) is 3.45. The molecule has 0 bridgehead atoms. The van der Waals surface area contributed by atoms with E-state index in [1.807, 2.05) is 16.9 Å². The molecular weight excluding hydrogens is 346 g/mol. The summed E-state index contributed by atoms with van der Waals surface area (Å²) in [6.45, 7) is 2.95. The van der Waals surface area contributed by atoms with Crippen molar-refractivity contribution in [3.63, 3.8) is 0 Å². The Morgan fingerprint density at radius 1 is 0.929 bits per heavy atom. The first-order valence-corrected chi connectivity index (χ1v) is 9.93. The van der Waals surface area contributed by atoms with Crippen molar-refractivity contribution in [2.24, 2.45) is 0 Å². The van der Waals surface area contributed by atoms with Crippen LogP contribution in [0.25, 0.3) is 22.8 Å². The van der Waals surface area contributed by atoms with E-state index in [0.717, 1.165) is 35.7 Å². The first-order valence-electron chi connectivity index (χ1n) is 9.93. The van der Waals surface area contributed by atoms with E-state index in [9.17, 15) is 0 Å². The molecule has 1 saturated carbocycles. The number of aromatic nitrogens is 5. The summed E-state index contributed by atoms with van der Waals surface area (Å²) in [7, 11) is 0. The Kier molecular flexibility index (Phi) is 4.28. The lowest BCUT2D eigenvalue weighted by Crippen LogP contribution is -2.01. The van der Waals surface area contributed by atoms with Gasteiger partial charge in [0.05, 0.1) is 12.6 Å². The van der Waals surface area contributed by atoms with Crippen molar-refractivity contribution in [2.75, 3.05) is 0 Å². The molecule has 0 spiro atoms.